The minimum absolute atomic E-state index is 0.589. The first-order valence-electron chi connectivity index (χ1n) is 3.97. The van der Waals surface area contributed by atoms with E-state index in [4.69, 9.17) is 4.74 Å². The highest BCUT2D eigenvalue weighted by Crippen LogP contribution is 2.11. The molecule has 0 aliphatic carbocycles. The van der Waals surface area contributed by atoms with Crippen molar-refractivity contribution >= 4 is 19.6 Å². The van der Waals surface area contributed by atoms with Crippen molar-refractivity contribution in [3.05, 3.63) is 23.8 Å². The number of para-hydroxylation sites is 1. The third-order valence-electron chi connectivity index (χ3n) is 1.66. The Morgan fingerprint density at radius 2 is 2.33 bits per heavy atom. The van der Waals surface area contributed by atoms with Gasteiger partial charge >= 0.3 is 0 Å². The molecule has 0 saturated carbocycles. The van der Waals surface area contributed by atoms with Crippen LogP contribution in [0.15, 0.2) is 18.2 Å². The minimum atomic E-state index is 0.589. The van der Waals surface area contributed by atoms with E-state index in [2.05, 4.69) is 0 Å². The number of aldehydes is 1. The number of hydrogen-bond donors (Lipinski definition) is 0. The molecule has 0 fully saturated rings. The SMILES string of the molecule is Bc1cccc(C=O)c1OCC. The zero-order chi connectivity index (χ0) is 8.97. The molecule has 12 heavy (non-hydrogen) atoms. The summed E-state index contributed by atoms with van der Waals surface area (Å²) in [5.41, 5.74) is 1.62. The highest BCUT2D eigenvalue weighted by Gasteiger charge is 2.03. The van der Waals surface area contributed by atoms with E-state index in [0.717, 1.165) is 11.7 Å². The fourth-order valence-corrected chi connectivity index (χ4v) is 1.11. The second kappa shape index (κ2) is 3.95. The van der Waals surface area contributed by atoms with Crippen molar-refractivity contribution in [3.8, 4) is 5.75 Å². The van der Waals surface area contributed by atoms with Crippen LogP contribution in [0.25, 0.3) is 0 Å². The summed E-state index contributed by atoms with van der Waals surface area (Å²) in [6.45, 7) is 2.49. The molecule has 1 aromatic rings. The van der Waals surface area contributed by atoms with Crippen LogP contribution in [0.1, 0.15) is 17.3 Å². The normalized spacial score (nSPS) is 9.42. The topological polar surface area (TPSA) is 26.3 Å². The van der Waals surface area contributed by atoms with Crippen LogP contribution >= 0.6 is 0 Å². The molecule has 3 heteroatoms. The van der Waals surface area contributed by atoms with Crippen LogP contribution in [0, 0.1) is 0 Å². The van der Waals surface area contributed by atoms with Crippen molar-refractivity contribution in [1.29, 1.82) is 0 Å². The van der Waals surface area contributed by atoms with E-state index < -0.39 is 0 Å². The van der Waals surface area contributed by atoms with Gasteiger partial charge < -0.3 is 4.74 Å². The first kappa shape index (κ1) is 8.85. The Labute approximate surface area is 73.0 Å². The van der Waals surface area contributed by atoms with Crippen molar-refractivity contribution in [1.82, 2.24) is 0 Å². The lowest BCUT2D eigenvalue weighted by Gasteiger charge is -2.08. The van der Waals surface area contributed by atoms with E-state index in [1.807, 2.05) is 26.9 Å². The number of rotatable bonds is 3. The highest BCUT2D eigenvalue weighted by atomic mass is 16.5. The molecule has 0 bridgehead atoms. The lowest BCUT2D eigenvalue weighted by molar-refractivity contribution is 0.112. The molecule has 0 radical (unpaired) electrons. The van der Waals surface area contributed by atoms with Crippen molar-refractivity contribution in [3.63, 3.8) is 0 Å². The van der Waals surface area contributed by atoms with Gasteiger partial charge in [-0.15, -0.1) is 0 Å². The van der Waals surface area contributed by atoms with Gasteiger partial charge in [0.1, 0.15) is 13.6 Å². The van der Waals surface area contributed by atoms with Crippen LogP contribution < -0.4 is 10.2 Å². The summed E-state index contributed by atoms with van der Waals surface area (Å²) in [6.07, 6.45) is 0.817. The molecule has 2 nitrogen and oxygen atoms in total. The third-order valence-corrected chi connectivity index (χ3v) is 1.66. The summed E-state index contributed by atoms with van der Waals surface area (Å²) in [6, 6.07) is 5.53. The van der Waals surface area contributed by atoms with E-state index >= 15 is 0 Å². The van der Waals surface area contributed by atoms with E-state index in [0.29, 0.717) is 17.9 Å². The molecule has 1 rings (SSSR count). The Kier molecular flexibility index (Phi) is 2.91. The predicted molar refractivity (Wildman–Crippen MR) is 51.2 cm³/mol. The summed E-state index contributed by atoms with van der Waals surface area (Å²) in [7, 11) is 1.93. The van der Waals surface area contributed by atoms with Gasteiger partial charge in [-0.1, -0.05) is 12.1 Å². The molecular weight excluding hydrogens is 151 g/mol. The minimum Gasteiger partial charge on any atom is -0.494 e. The molecular formula is C9H11BO2. The summed E-state index contributed by atoms with van der Waals surface area (Å²) < 4.78 is 5.33. The van der Waals surface area contributed by atoms with Crippen LogP contribution in [0.4, 0.5) is 0 Å². The van der Waals surface area contributed by atoms with Gasteiger partial charge in [-0.3, -0.25) is 4.79 Å². The van der Waals surface area contributed by atoms with Gasteiger partial charge in [0.05, 0.1) is 12.2 Å². The third kappa shape index (κ3) is 1.67. The summed E-state index contributed by atoms with van der Waals surface area (Å²) >= 11 is 0. The lowest BCUT2D eigenvalue weighted by atomic mass is 9.93. The molecule has 0 aliphatic heterocycles. The maximum atomic E-state index is 10.6. The van der Waals surface area contributed by atoms with Gasteiger partial charge in [-0.2, -0.15) is 0 Å². The van der Waals surface area contributed by atoms with Crippen LogP contribution in [-0.4, -0.2) is 20.7 Å². The average Bonchev–Trinajstić information content (AvgIpc) is 2.09. The van der Waals surface area contributed by atoms with Gasteiger partial charge in [0.15, 0.2) is 6.29 Å². The Balaban J connectivity index is 3.10. The fourth-order valence-electron chi connectivity index (χ4n) is 1.11. The molecule has 0 heterocycles. The smallest absolute Gasteiger partial charge is 0.153 e. The Hall–Kier alpha value is -1.25. The molecule has 1 aromatic carbocycles. The second-order valence-electron chi connectivity index (χ2n) is 2.54. The first-order chi connectivity index (χ1) is 5.79. The van der Waals surface area contributed by atoms with E-state index in [-0.39, 0.29) is 0 Å². The molecule has 0 atom stereocenters. The summed E-state index contributed by atoms with van der Waals surface area (Å²) in [5.74, 6) is 0.704. The van der Waals surface area contributed by atoms with Crippen molar-refractivity contribution in [2.75, 3.05) is 6.61 Å². The molecule has 62 valence electrons. The molecule has 0 amide bonds. The summed E-state index contributed by atoms with van der Waals surface area (Å²) in [4.78, 5) is 10.6. The predicted octanol–water partition coefficient (Wildman–Crippen LogP) is 0.156. The van der Waals surface area contributed by atoms with E-state index in [1.165, 1.54) is 0 Å². The lowest BCUT2D eigenvalue weighted by Crippen LogP contribution is -2.11. The van der Waals surface area contributed by atoms with Gasteiger partial charge in [-0.25, -0.2) is 0 Å². The second-order valence-corrected chi connectivity index (χ2v) is 2.54. The number of carbonyl (C=O) groups is 1. The van der Waals surface area contributed by atoms with Crippen molar-refractivity contribution in [2.45, 2.75) is 6.92 Å². The fraction of sp³-hybridized carbons (Fsp3) is 0.222. The largest absolute Gasteiger partial charge is 0.494 e. The Bertz CT molecular complexity index is 284. The Morgan fingerprint density at radius 1 is 1.58 bits per heavy atom. The first-order valence-corrected chi connectivity index (χ1v) is 3.97. The Morgan fingerprint density at radius 3 is 2.92 bits per heavy atom. The molecule has 0 aromatic heterocycles. The maximum absolute atomic E-state index is 10.6. The number of benzene rings is 1. The van der Waals surface area contributed by atoms with E-state index in [1.54, 1.807) is 6.07 Å². The average molecular weight is 162 g/mol. The van der Waals surface area contributed by atoms with Crippen LogP contribution in [0.5, 0.6) is 5.75 Å². The molecule has 0 aliphatic rings. The zero-order valence-electron chi connectivity index (χ0n) is 7.33. The molecule has 0 unspecified atom stereocenters. The molecule has 0 spiro atoms. The number of hydrogen-bond acceptors (Lipinski definition) is 2. The monoisotopic (exact) mass is 162 g/mol. The molecule has 0 N–H and O–H groups in total. The van der Waals surface area contributed by atoms with Gasteiger partial charge in [-0.05, 0) is 18.5 Å². The maximum Gasteiger partial charge on any atom is 0.153 e. The van der Waals surface area contributed by atoms with E-state index in [9.17, 15) is 4.79 Å². The van der Waals surface area contributed by atoms with Gasteiger partial charge in [0.25, 0.3) is 0 Å². The zero-order valence-corrected chi connectivity index (χ0v) is 7.33. The van der Waals surface area contributed by atoms with Crippen LogP contribution in [0.3, 0.4) is 0 Å². The standard InChI is InChI=1S/C9H11BO2/c1-2-12-9-7(6-11)4-3-5-8(9)10/h3-6H,2,10H2,1H3. The number of ether oxygens (including phenoxy) is 1. The van der Waals surface area contributed by atoms with Gasteiger partial charge in [0, 0.05) is 0 Å². The summed E-state index contributed by atoms with van der Waals surface area (Å²) in [5, 5.41) is 0. The van der Waals surface area contributed by atoms with Crippen LogP contribution in [-0.2, 0) is 0 Å². The molecule has 0 saturated heterocycles. The van der Waals surface area contributed by atoms with Crippen molar-refractivity contribution in [2.24, 2.45) is 0 Å². The quantitative estimate of drug-likeness (QED) is 0.467. The van der Waals surface area contributed by atoms with Gasteiger partial charge in [0.2, 0.25) is 0 Å². The van der Waals surface area contributed by atoms with Crippen LogP contribution in [0.2, 0.25) is 0 Å². The van der Waals surface area contributed by atoms with Crippen molar-refractivity contribution < 1.29 is 9.53 Å². The highest BCUT2D eigenvalue weighted by molar-refractivity contribution is 6.34. The number of carbonyl (C=O) groups excluding carboxylic acids is 1.